The second-order valence-electron chi connectivity index (χ2n) is 7.07. The van der Waals surface area contributed by atoms with Crippen LogP contribution in [0.1, 0.15) is 96.8 Å². The Hall–Kier alpha value is -0.0400. The van der Waals surface area contributed by atoms with E-state index in [0.29, 0.717) is 11.8 Å². The van der Waals surface area contributed by atoms with Crippen molar-refractivity contribution in [3.63, 3.8) is 0 Å². The number of hydrogen-bond donors (Lipinski definition) is 1. The molecule has 0 saturated heterocycles. The molecule has 2 atom stereocenters. The van der Waals surface area contributed by atoms with E-state index in [9.17, 15) is 5.11 Å². The summed E-state index contributed by atoms with van der Waals surface area (Å²) in [4.78, 5) is 0. The number of fused-ring (bicyclic) bond motifs is 1. The fourth-order valence-corrected chi connectivity index (χ4v) is 4.31. The number of aliphatic hydroxyl groups is 1. The Balaban J connectivity index is 1.42. The Bertz CT molecular complexity index is 236. The average Bonchev–Trinajstić information content (AvgIpc) is 3.03. The van der Waals surface area contributed by atoms with E-state index in [1.807, 2.05) is 0 Å². The first-order valence-corrected chi connectivity index (χ1v) is 9.01. The van der Waals surface area contributed by atoms with E-state index in [1.165, 1.54) is 83.5 Å². The van der Waals surface area contributed by atoms with Crippen molar-refractivity contribution in [3.05, 3.63) is 0 Å². The molecule has 1 heteroatoms. The minimum absolute atomic E-state index is 0.211. The molecule has 2 fully saturated rings. The lowest BCUT2D eigenvalue weighted by atomic mass is 10.0. The molecule has 112 valence electrons. The van der Waals surface area contributed by atoms with E-state index in [0.717, 1.165) is 6.42 Å². The monoisotopic (exact) mass is 266 g/mol. The molecule has 2 unspecified atom stereocenters. The van der Waals surface area contributed by atoms with Crippen LogP contribution in [-0.2, 0) is 0 Å². The average molecular weight is 266 g/mol. The van der Waals surface area contributed by atoms with Crippen molar-refractivity contribution in [2.24, 2.45) is 11.8 Å². The highest BCUT2D eigenvalue weighted by molar-refractivity contribution is 5.12. The molecule has 1 nitrogen and oxygen atoms in total. The molecule has 0 aromatic heterocycles. The van der Waals surface area contributed by atoms with Gasteiger partial charge in [0.15, 0.2) is 0 Å². The smallest absolute Gasteiger partial charge is 0.0711 e. The highest BCUT2D eigenvalue weighted by Gasteiger charge is 2.62. The molecular weight excluding hydrogens is 232 g/mol. The molecule has 2 saturated carbocycles. The molecule has 2 aliphatic carbocycles. The first-order chi connectivity index (χ1) is 9.29. The van der Waals surface area contributed by atoms with Crippen LogP contribution in [0.3, 0.4) is 0 Å². The first-order valence-electron chi connectivity index (χ1n) is 9.01. The SMILES string of the molecule is CCCCCCCCCCCC1(O)C2CCCCC21. The fourth-order valence-electron chi connectivity index (χ4n) is 4.31. The molecule has 0 amide bonds. The van der Waals surface area contributed by atoms with Gasteiger partial charge in [-0.1, -0.05) is 77.6 Å². The van der Waals surface area contributed by atoms with Crippen LogP contribution >= 0.6 is 0 Å². The maximum absolute atomic E-state index is 10.6. The normalized spacial score (nSPS) is 33.2. The summed E-state index contributed by atoms with van der Waals surface area (Å²) < 4.78 is 0. The molecule has 0 aromatic rings. The highest BCUT2D eigenvalue weighted by Crippen LogP contribution is 2.60. The predicted molar refractivity (Wildman–Crippen MR) is 82.2 cm³/mol. The molecule has 0 aromatic carbocycles. The summed E-state index contributed by atoms with van der Waals surface area (Å²) in [5, 5.41) is 10.6. The van der Waals surface area contributed by atoms with Crippen molar-refractivity contribution >= 4 is 0 Å². The lowest BCUT2D eigenvalue weighted by molar-refractivity contribution is 0.105. The van der Waals surface area contributed by atoms with Crippen LogP contribution < -0.4 is 0 Å². The van der Waals surface area contributed by atoms with E-state index in [-0.39, 0.29) is 5.60 Å². The molecule has 0 radical (unpaired) electrons. The van der Waals surface area contributed by atoms with Crippen LogP contribution in [0.25, 0.3) is 0 Å². The number of hydrogen-bond acceptors (Lipinski definition) is 1. The summed E-state index contributed by atoms with van der Waals surface area (Å²) >= 11 is 0. The molecule has 0 heterocycles. The quantitative estimate of drug-likeness (QED) is 0.521. The van der Waals surface area contributed by atoms with Gasteiger partial charge in [0.05, 0.1) is 5.60 Å². The van der Waals surface area contributed by atoms with Crippen molar-refractivity contribution in [2.45, 2.75) is 102 Å². The van der Waals surface area contributed by atoms with Crippen LogP contribution in [0, 0.1) is 11.8 Å². The van der Waals surface area contributed by atoms with Gasteiger partial charge in [0.2, 0.25) is 0 Å². The van der Waals surface area contributed by atoms with E-state index < -0.39 is 0 Å². The number of unbranched alkanes of at least 4 members (excludes halogenated alkanes) is 8. The van der Waals surface area contributed by atoms with Crippen molar-refractivity contribution < 1.29 is 5.11 Å². The molecule has 0 bridgehead atoms. The Morgan fingerprint density at radius 2 is 1.26 bits per heavy atom. The zero-order valence-electron chi connectivity index (χ0n) is 13.0. The van der Waals surface area contributed by atoms with Crippen LogP contribution in [-0.4, -0.2) is 10.7 Å². The summed E-state index contributed by atoms with van der Waals surface area (Å²) in [6.07, 6.45) is 18.9. The maximum Gasteiger partial charge on any atom is 0.0711 e. The van der Waals surface area contributed by atoms with Gasteiger partial charge in [-0.2, -0.15) is 0 Å². The summed E-state index contributed by atoms with van der Waals surface area (Å²) in [5.74, 6) is 1.38. The standard InChI is InChI=1S/C18H34O/c1-2-3-4-5-6-7-8-9-12-15-18(19)16-13-10-11-14-17(16)18/h16-17,19H,2-15H2,1H3. The number of rotatable bonds is 10. The van der Waals surface area contributed by atoms with E-state index >= 15 is 0 Å². The van der Waals surface area contributed by atoms with Crippen LogP contribution in [0.4, 0.5) is 0 Å². The van der Waals surface area contributed by atoms with Crippen molar-refractivity contribution in [1.82, 2.24) is 0 Å². The van der Waals surface area contributed by atoms with Gasteiger partial charge < -0.3 is 5.11 Å². The third-order valence-electron chi connectivity index (χ3n) is 5.62. The van der Waals surface area contributed by atoms with Crippen LogP contribution in [0.5, 0.6) is 0 Å². The van der Waals surface area contributed by atoms with E-state index in [1.54, 1.807) is 0 Å². The largest absolute Gasteiger partial charge is 0.389 e. The predicted octanol–water partition coefficient (Wildman–Crippen LogP) is 5.46. The summed E-state index contributed by atoms with van der Waals surface area (Å²) in [5.41, 5.74) is -0.211. The summed E-state index contributed by atoms with van der Waals surface area (Å²) in [6.45, 7) is 2.28. The van der Waals surface area contributed by atoms with Gasteiger partial charge in [-0.15, -0.1) is 0 Å². The minimum atomic E-state index is -0.211. The zero-order chi connectivity index (χ0) is 13.6. The molecule has 1 N–H and O–H groups in total. The van der Waals surface area contributed by atoms with Gasteiger partial charge >= 0.3 is 0 Å². The third-order valence-corrected chi connectivity index (χ3v) is 5.62. The lowest BCUT2D eigenvalue weighted by Gasteiger charge is -2.10. The molecule has 0 aliphatic heterocycles. The molecule has 19 heavy (non-hydrogen) atoms. The zero-order valence-corrected chi connectivity index (χ0v) is 13.0. The van der Waals surface area contributed by atoms with Gasteiger partial charge in [-0.05, 0) is 31.1 Å². The molecule has 2 rings (SSSR count). The van der Waals surface area contributed by atoms with Crippen LogP contribution in [0.2, 0.25) is 0 Å². The third kappa shape index (κ3) is 4.21. The van der Waals surface area contributed by atoms with Gasteiger partial charge in [0.1, 0.15) is 0 Å². The summed E-state index contributed by atoms with van der Waals surface area (Å²) in [7, 11) is 0. The van der Waals surface area contributed by atoms with Gasteiger partial charge in [0, 0.05) is 0 Å². The lowest BCUT2D eigenvalue weighted by Crippen LogP contribution is -2.12. The van der Waals surface area contributed by atoms with Gasteiger partial charge in [0.25, 0.3) is 0 Å². The van der Waals surface area contributed by atoms with E-state index in [2.05, 4.69) is 6.92 Å². The maximum atomic E-state index is 10.6. The summed E-state index contributed by atoms with van der Waals surface area (Å²) in [6, 6.07) is 0. The first kappa shape index (κ1) is 15.4. The molecular formula is C18H34O. The fraction of sp³-hybridized carbons (Fsp3) is 1.00. The van der Waals surface area contributed by atoms with Crippen molar-refractivity contribution in [2.75, 3.05) is 0 Å². The Morgan fingerprint density at radius 3 is 1.79 bits per heavy atom. The highest BCUT2D eigenvalue weighted by atomic mass is 16.3. The van der Waals surface area contributed by atoms with E-state index in [4.69, 9.17) is 0 Å². The Labute approximate surface area is 120 Å². The second-order valence-corrected chi connectivity index (χ2v) is 7.07. The Morgan fingerprint density at radius 1 is 0.789 bits per heavy atom. The molecule has 2 aliphatic rings. The van der Waals surface area contributed by atoms with Gasteiger partial charge in [-0.3, -0.25) is 0 Å². The molecule has 0 spiro atoms. The van der Waals surface area contributed by atoms with Crippen molar-refractivity contribution in [1.29, 1.82) is 0 Å². The topological polar surface area (TPSA) is 20.2 Å². The van der Waals surface area contributed by atoms with Gasteiger partial charge in [-0.25, -0.2) is 0 Å². The Kier molecular flexibility index (Phi) is 6.19. The minimum Gasteiger partial charge on any atom is -0.389 e. The second kappa shape index (κ2) is 7.67. The van der Waals surface area contributed by atoms with Crippen molar-refractivity contribution in [3.8, 4) is 0 Å². The van der Waals surface area contributed by atoms with Crippen LogP contribution in [0.15, 0.2) is 0 Å².